The lowest BCUT2D eigenvalue weighted by molar-refractivity contribution is 0.922. The van der Waals surface area contributed by atoms with Gasteiger partial charge < -0.3 is 5.32 Å². The van der Waals surface area contributed by atoms with Gasteiger partial charge in [-0.3, -0.25) is 0 Å². The van der Waals surface area contributed by atoms with Crippen LogP contribution in [0.1, 0.15) is 24.6 Å². The maximum Gasteiger partial charge on any atom is 0.0795 e. The smallest absolute Gasteiger partial charge is 0.0795 e. The average Bonchev–Trinajstić information content (AvgIpc) is 2.82. The Hall–Kier alpha value is -1.35. The van der Waals surface area contributed by atoms with Crippen molar-refractivity contribution in [3.05, 3.63) is 46.4 Å². The number of nitrogens with zero attached hydrogens (tertiary/aromatic N) is 1. The van der Waals surface area contributed by atoms with Gasteiger partial charge in [0.05, 0.1) is 17.7 Å². The number of rotatable bonds is 5. The van der Waals surface area contributed by atoms with E-state index in [0.717, 1.165) is 24.3 Å². The van der Waals surface area contributed by atoms with Crippen LogP contribution in [-0.2, 0) is 13.0 Å². The van der Waals surface area contributed by atoms with Crippen molar-refractivity contribution in [1.82, 2.24) is 4.98 Å². The molecule has 0 bridgehead atoms. The molecule has 3 heteroatoms. The molecule has 2 aromatic rings. The number of hydrogen-bond donors (Lipinski definition) is 1. The number of aryl methyl sites for hydroxylation is 1. The summed E-state index contributed by atoms with van der Waals surface area (Å²) in [4.78, 5) is 4.23. The highest BCUT2D eigenvalue weighted by Gasteiger charge is 1.96. The van der Waals surface area contributed by atoms with Crippen LogP contribution in [0.5, 0.6) is 0 Å². The van der Waals surface area contributed by atoms with Crippen molar-refractivity contribution < 1.29 is 0 Å². The molecule has 0 aliphatic carbocycles. The Morgan fingerprint density at radius 3 is 2.69 bits per heavy atom. The normalized spacial score (nSPS) is 10.3. The molecular weight excluding hydrogens is 216 g/mol. The molecule has 0 saturated heterocycles. The van der Waals surface area contributed by atoms with E-state index in [1.807, 2.05) is 5.51 Å². The van der Waals surface area contributed by atoms with E-state index < -0.39 is 0 Å². The molecule has 84 valence electrons. The maximum absolute atomic E-state index is 4.23. The van der Waals surface area contributed by atoms with Crippen molar-refractivity contribution in [3.63, 3.8) is 0 Å². The van der Waals surface area contributed by atoms with E-state index in [9.17, 15) is 0 Å². The van der Waals surface area contributed by atoms with E-state index in [1.54, 1.807) is 11.3 Å². The Kier molecular flexibility index (Phi) is 3.94. The number of aromatic nitrogens is 1. The lowest BCUT2D eigenvalue weighted by Crippen LogP contribution is -1.99. The highest BCUT2D eigenvalue weighted by Crippen LogP contribution is 2.12. The van der Waals surface area contributed by atoms with Gasteiger partial charge in [0.25, 0.3) is 0 Å². The number of hydrogen-bond acceptors (Lipinski definition) is 3. The largest absolute Gasteiger partial charge is 0.379 e. The van der Waals surface area contributed by atoms with Crippen LogP contribution in [0.4, 0.5) is 5.69 Å². The first-order valence-electron chi connectivity index (χ1n) is 5.58. The predicted octanol–water partition coefficient (Wildman–Crippen LogP) is 3.71. The molecule has 0 saturated carbocycles. The lowest BCUT2D eigenvalue weighted by Gasteiger charge is -2.05. The number of anilines is 1. The zero-order valence-corrected chi connectivity index (χ0v) is 10.3. The third-order valence-electron chi connectivity index (χ3n) is 2.45. The first-order chi connectivity index (χ1) is 7.88. The van der Waals surface area contributed by atoms with E-state index >= 15 is 0 Å². The lowest BCUT2D eigenvalue weighted by atomic mass is 10.1. The molecule has 0 fully saturated rings. The van der Waals surface area contributed by atoms with E-state index in [1.165, 1.54) is 12.0 Å². The molecule has 0 radical (unpaired) electrons. The first kappa shape index (κ1) is 11.1. The fourth-order valence-electron chi connectivity index (χ4n) is 1.60. The minimum atomic E-state index is 0.802. The summed E-state index contributed by atoms with van der Waals surface area (Å²) in [6.45, 7) is 3.00. The number of benzene rings is 1. The van der Waals surface area contributed by atoms with E-state index in [0.29, 0.717) is 0 Å². The summed E-state index contributed by atoms with van der Waals surface area (Å²) < 4.78 is 0. The fraction of sp³-hybridized carbons (Fsp3) is 0.308. The van der Waals surface area contributed by atoms with E-state index in [4.69, 9.17) is 0 Å². The zero-order chi connectivity index (χ0) is 11.2. The molecule has 0 amide bonds. The molecule has 0 atom stereocenters. The molecule has 0 unspecified atom stereocenters. The number of nitrogens with one attached hydrogen (secondary N) is 1. The molecule has 1 heterocycles. The maximum atomic E-state index is 4.23. The third kappa shape index (κ3) is 3.07. The zero-order valence-electron chi connectivity index (χ0n) is 9.44. The van der Waals surface area contributed by atoms with Gasteiger partial charge in [-0.1, -0.05) is 25.5 Å². The molecule has 1 aromatic carbocycles. The van der Waals surface area contributed by atoms with Crippen LogP contribution in [0, 0.1) is 0 Å². The van der Waals surface area contributed by atoms with Gasteiger partial charge in [0.15, 0.2) is 0 Å². The van der Waals surface area contributed by atoms with Crippen LogP contribution in [-0.4, -0.2) is 4.98 Å². The third-order valence-corrected chi connectivity index (χ3v) is 3.08. The van der Waals surface area contributed by atoms with Gasteiger partial charge in [0.1, 0.15) is 0 Å². The van der Waals surface area contributed by atoms with E-state index in [-0.39, 0.29) is 0 Å². The van der Waals surface area contributed by atoms with Crippen molar-refractivity contribution in [2.75, 3.05) is 5.32 Å². The quantitative estimate of drug-likeness (QED) is 0.850. The van der Waals surface area contributed by atoms with Crippen molar-refractivity contribution in [1.29, 1.82) is 0 Å². The second-order valence-electron chi connectivity index (χ2n) is 3.78. The molecule has 16 heavy (non-hydrogen) atoms. The van der Waals surface area contributed by atoms with Crippen molar-refractivity contribution in [2.45, 2.75) is 26.3 Å². The molecular formula is C13H16N2S. The SMILES string of the molecule is CCCc1ccc(NCc2cscn2)cc1. The van der Waals surface area contributed by atoms with E-state index in [2.05, 4.69) is 46.9 Å². The Labute approximate surface area is 100 Å². The standard InChI is InChI=1S/C13H16N2S/c1-2-3-11-4-6-12(7-5-11)14-8-13-9-16-10-15-13/h4-7,9-10,14H,2-3,8H2,1H3. The Morgan fingerprint density at radius 1 is 1.25 bits per heavy atom. The Balaban J connectivity index is 1.90. The summed E-state index contributed by atoms with van der Waals surface area (Å²) >= 11 is 1.63. The van der Waals surface area contributed by atoms with Gasteiger partial charge >= 0.3 is 0 Å². The molecule has 1 N–H and O–H groups in total. The van der Waals surface area contributed by atoms with Gasteiger partial charge in [-0.25, -0.2) is 4.98 Å². The minimum absolute atomic E-state index is 0.802. The second-order valence-corrected chi connectivity index (χ2v) is 4.50. The fourth-order valence-corrected chi connectivity index (χ4v) is 2.15. The van der Waals surface area contributed by atoms with Gasteiger partial charge in [0.2, 0.25) is 0 Å². The molecule has 2 nitrogen and oxygen atoms in total. The predicted molar refractivity (Wildman–Crippen MR) is 69.9 cm³/mol. The molecule has 0 spiro atoms. The average molecular weight is 232 g/mol. The van der Waals surface area contributed by atoms with Crippen LogP contribution in [0.15, 0.2) is 35.2 Å². The van der Waals surface area contributed by atoms with Crippen molar-refractivity contribution >= 4 is 17.0 Å². The molecule has 0 aliphatic rings. The van der Waals surface area contributed by atoms with Crippen LogP contribution in [0.25, 0.3) is 0 Å². The van der Waals surface area contributed by atoms with Gasteiger partial charge in [-0.2, -0.15) is 0 Å². The van der Waals surface area contributed by atoms with Crippen LogP contribution >= 0.6 is 11.3 Å². The topological polar surface area (TPSA) is 24.9 Å². The Bertz CT molecular complexity index is 406. The molecule has 0 aliphatic heterocycles. The van der Waals surface area contributed by atoms with Crippen LogP contribution in [0.3, 0.4) is 0 Å². The summed E-state index contributed by atoms with van der Waals surface area (Å²) in [5.74, 6) is 0. The summed E-state index contributed by atoms with van der Waals surface area (Å²) in [7, 11) is 0. The first-order valence-corrected chi connectivity index (χ1v) is 6.52. The van der Waals surface area contributed by atoms with Crippen LogP contribution in [0.2, 0.25) is 0 Å². The highest BCUT2D eigenvalue weighted by atomic mass is 32.1. The monoisotopic (exact) mass is 232 g/mol. The Morgan fingerprint density at radius 2 is 2.06 bits per heavy atom. The summed E-state index contributed by atoms with van der Waals surface area (Å²) in [5.41, 5.74) is 5.53. The van der Waals surface area contributed by atoms with Crippen molar-refractivity contribution in [3.8, 4) is 0 Å². The summed E-state index contributed by atoms with van der Waals surface area (Å²) in [5, 5.41) is 5.43. The van der Waals surface area contributed by atoms with Gasteiger partial charge in [-0.05, 0) is 24.1 Å². The van der Waals surface area contributed by atoms with Crippen LogP contribution < -0.4 is 5.32 Å². The number of thiazole rings is 1. The second kappa shape index (κ2) is 5.66. The van der Waals surface area contributed by atoms with Crippen molar-refractivity contribution in [2.24, 2.45) is 0 Å². The van der Waals surface area contributed by atoms with Gasteiger partial charge in [0, 0.05) is 11.1 Å². The summed E-state index contributed by atoms with van der Waals surface area (Å²) in [6, 6.07) is 8.65. The molecule has 2 rings (SSSR count). The highest BCUT2D eigenvalue weighted by molar-refractivity contribution is 7.07. The summed E-state index contributed by atoms with van der Waals surface area (Å²) in [6.07, 6.45) is 2.36. The minimum Gasteiger partial charge on any atom is -0.379 e. The molecule has 1 aromatic heterocycles. The van der Waals surface area contributed by atoms with Gasteiger partial charge in [-0.15, -0.1) is 11.3 Å².